The summed E-state index contributed by atoms with van der Waals surface area (Å²) in [5.74, 6) is 1.03. The van der Waals surface area contributed by atoms with Crippen LogP contribution in [0.1, 0.15) is 26.2 Å². The van der Waals surface area contributed by atoms with Gasteiger partial charge in [0.15, 0.2) is 0 Å². The minimum absolute atomic E-state index is 0.369. The third-order valence-corrected chi connectivity index (χ3v) is 3.54. The Bertz CT molecular complexity index is 182. The average molecular weight is 168 g/mol. The quantitative estimate of drug-likeness (QED) is 0.586. The third kappa shape index (κ3) is 1.28. The van der Waals surface area contributed by atoms with Gasteiger partial charge in [-0.25, -0.2) is 0 Å². The highest BCUT2D eigenvalue weighted by molar-refractivity contribution is 5.58. The molecule has 2 nitrogen and oxygen atoms in total. The molecule has 1 heterocycles. The van der Waals surface area contributed by atoms with Crippen molar-refractivity contribution < 1.29 is 9.53 Å². The van der Waals surface area contributed by atoms with Crippen molar-refractivity contribution in [2.45, 2.75) is 26.2 Å². The minimum atomic E-state index is 0.369. The summed E-state index contributed by atoms with van der Waals surface area (Å²) in [4.78, 5) is 10.5. The number of aldehydes is 1. The van der Waals surface area contributed by atoms with E-state index in [0.29, 0.717) is 17.3 Å². The maximum atomic E-state index is 10.5. The van der Waals surface area contributed by atoms with Crippen molar-refractivity contribution in [2.75, 3.05) is 13.2 Å². The van der Waals surface area contributed by atoms with Gasteiger partial charge in [0.05, 0.1) is 0 Å². The summed E-state index contributed by atoms with van der Waals surface area (Å²) in [6.45, 7) is 4.08. The van der Waals surface area contributed by atoms with Crippen LogP contribution in [0.25, 0.3) is 0 Å². The molecule has 2 aliphatic rings. The van der Waals surface area contributed by atoms with Gasteiger partial charge >= 0.3 is 0 Å². The molecule has 2 rings (SSSR count). The zero-order valence-corrected chi connectivity index (χ0v) is 7.58. The molecule has 1 saturated heterocycles. The molecule has 0 N–H and O–H groups in total. The Kier molecular flexibility index (Phi) is 1.95. The molecule has 2 atom stereocenters. The molecule has 1 aliphatic carbocycles. The standard InChI is InChI=1S/C10H16O2/c1-10(2-4-12-5-3-10)9-6-8(9)7-11/h7-9H,2-6H2,1H3/t8-,9-/m0/s1. The van der Waals surface area contributed by atoms with Crippen LogP contribution >= 0.6 is 0 Å². The Balaban J connectivity index is 1.96. The van der Waals surface area contributed by atoms with Crippen LogP contribution in [0.2, 0.25) is 0 Å². The summed E-state index contributed by atoms with van der Waals surface area (Å²) in [5, 5.41) is 0. The summed E-state index contributed by atoms with van der Waals surface area (Å²) in [7, 11) is 0. The first-order chi connectivity index (χ1) is 5.76. The highest BCUT2D eigenvalue weighted by Crippen LogP contribution is 2.54. The van der Waals surface area contributed by atoms with Gasteiger partial charge in [0, 0.05) is 19.1 Å². The van der Waals surface area contributed by atoms with Crippen LogP contribution in [0.4, 0.5) is 0 Å². The lowest BCUT2D eigenvalue weighted by Gasteiger charge is -2.33. The fourth-order valence-electron chi connectivity index (χ4n) is 2.37. The second-order valence-electron chi connectivity index (χ2n) is 4.41. The molecule has 0 aromatic rings. The molecule has 2 heteroatoms. The lowest BCUT2D eigenvalue weighted by molar-refractivity contribution is -0.109. The summed E-state index contributed by atoms with van der Waals surface area (Å²) in [6.07, 6.45) is 4.54. The Hall–Kier alpha value is -0.370. The number of ether oxygens (including phenoxy) is 1. The number of carbonyl (C=O) groups is 1. The highest BCUT2D eigenvalue weighted by Gasteiger charge is 2.49. The van der Waals surface area contributed by atoms with Gasteiger partial charge in [-0.15, -0.1) is 0 Å². The van der Waals surface area contributed by atoms with E-state index in [4.69, 9.17) is 4.74 Å². The molecule has 0 aromatic carbocycles. The van der Waals surface area contributed by atoms with Gasteiger partial charge in [0.1, 0.15) is 6.29 Å². The van der Waals surface area contributed by atoms with E-state index < -0.39 is 0 Å². The predicted octanol–water partition coefficient (Wildman–Crippen LogP) is 1.64. The normalized spacial score (nSPS) is 39.1. The van der Waals surface area contributed by atoms with E-state index in [1.165, 1.54) is 0 Å². The van der Waals surface area contributed by atoms with Crippen molar-refractivity contribution in [2.24, 2.45) is 17.3 Å². The van der Waals surface area contributed by atoms with Crippen LogP contribution < -0.4 is 0 Å². The predicted molar refractivity (Wildman–Crippen MR) is 45.8 cm³/mol. The van der Waals surface area contributed by atoms with E-state index >= 15 is 0 Å². The number of carbonyl (C=O) groups excluding carboxylic acids is 1. The van der Waals surface area contributed by atoms with E-state index in [1.807, 2.05) is 0 Å². The first-order valence-corrected chi connectivity index (χ1v) is 4.79. The number of hydrogen-bond donors (Lipinski definition) is 0. The molecule has 0 bridgehead atoms. The minimum Gasteiger partial charge on any atom is -0.381 e. The first kappa shape index (κ1) is 8.24. The van der Waals surface area contributed by atoms with Crippen LogP contribution in [-0.4, -0.2) is 19.5 Å². The topological polar surface area (TPSA) is 26.3 Å². The van der Waals surface area contributed by atoms with E-state index in [0.717, 1.165) is 38.8 Å². The summed E-state index contributed by atoms with van der Waals surface area (Å²) < 4.78 is 5.32. The lowest BCUT2D eigenvalue weighted by atomic mass is 9.77. The fraction of sp³-hybridized carbons (Fsp3) is 0.900. The Morgan fingerprint density at radius 2 is 2.08 bits per heavy atom. The molecule has 1 saturated carbocycles. The van der Waals surface area contributed by atoms with Crippen molar-refractivity contribution in [1.82, 2.24) is 0 Å². The van der Waals surface area contributed by atoms with Crippen molar-refractivity contribution >= 4 is 6.29 Å². The summed E-state index contributed by atoms with van der Waals surface area (Å²) in [5.41, 5.74) is 0.407. The Morgan fingerprint density at radius 3 is 2.58 bits per heavy atom. The van der Waals surface area contributed by atoms with Crippen LogP contribution in [0.15, 0.2) is 0 Å². The molecule has 0 amide bonds. The summed E-state index contributed by atoms with van der Waals surface area (Å²) >= 11 is 0. The van der Waals surface area contributed by atoms with E-state index in [9.17, 15) is 4.79 Å². The van der Waals surface area contributed by atoms with Gasteiger partial charge in [0.25, 0.3) is 0 Å². The highest BCUT2D eigenvalue weighted by atomic mass is 16.5. The zero-order chi connectivity index (χ0) is 8.60. The lowest BCUT2D eigenvalue weighted by Crippen LogP contribution is -2.29. The van der Waals surface area contributed by atoms with Gasteiger partial charge in [-0.3, -0.25) is 0 Å². The van der Waals surface area contributed by atoms with E-state index in [-0.39, 0.29) is 0 Å². The largest absolute Gasteiger partial charge is 0.381 e. The second-order valence-corrected chi connectivity index (χ2v) is 4.41. The molecule has 12 heavy (non-hydrogen) atoms. The number of hydrogen-bond acceptors (Lipinski definition) is 2. The maximum absolute atomic E-state index is 10.5. The second kappa shape index (κ2) is 2.84. The SMILES string of the molecule is CC1([C@H]2C[C@H]2C=O)CCOCC1. The first-order valence-electron chi connectivity index (χ1n) is 4.79. The average Bonchev–Trinajstić information content (AvgIpc) is 2.84. The summed E-state index contributed by atoms with van der Waals surface area (Å²) in [6, 6.07) is 0. The van der Waals surface area contributed by atoms with Crippen molar-refractivity contribution in [1.29, 1.82) is 0 Å². The van der Waals surface area contributed by atoms with Gasteiger partial charge in [0.2, 0.25) is 0 Å². The van der Waals surface area contributed by atoms with Gasteiger partial charge in [-0.05, 0) is 30.6 Å². The molecular weight excluding hydrogens is 152 g/mol. The molecule has 2 fully saturated rings. The zero-order valence-electron chi connectivity index (χ0n) is 7.58. The molecule has 0 spiro atoms. The van der Waals surface area contributed by atoms with Crippen LogP contribution in [0.3, 0.4) is 0 Å². The molecule has 68 valence electrons. The monoisotopic (exact) mass is 168 g/mol. The van der Waals surface area contributed by atoms with Crippen molar-refractivity contribution in [3.63, 3.8) is 0 Å². The van der Waals surface area contributed by atoms with Gasteiger partial charge in [-0.2, -0.15) is 0 Å². The molecule has 1 aliphatic heterocycles. The maximum Gasteiger partial charge on any atom is 0.123 e. The number of rotatable bonds is 2. The van der Waals surface area contributed by atoms with Gasteiger partial charge in [-0.1, -0.05) is 6.92 Å². The molecular formula is C10H16O2. The Morgan fingerprint density at radius 1 is 1.42 bits per heavy atom. The third-order valence-electron chi connectivity index (χ3n) is 3.54. The molecule has 0 unspecified atom stereocenters. The van der Waals surface area contributed by atoms with Gasteiger partial charge < -0.3 is 9.53 Å². The fourth-order valence-corrected chi connectivity index (χ4v) is 2.37. The van der Waals surface area contributed by atoms with Crippen LogP contribution in [-0.2, 0) is 9.53 Å². The Labute approximate surface area is 73.3 Å². The van der Waals surface area contributed by atoms with Crippen molar-refractivity contribution in [3.8, 4) is 0 Å². The van der Waals surface area contributed by atoms with E-state index in [2.05, 4.69) is 6.92 Å². The molecule has 0 aromatic heterocycles. The van der Waals surface area contributed by atoms with Crippen LogP contribution in [0.5, 0.6) is 0 Å². The van der Waals surface area contributed by atoms with Crippen LogP contribution in [0, 0.1) is 17.3 Å². The smallest absolute Gasteiger partial charge is 0.123 e. The molecule has 0 radical (unpaired) electrons. The van der Waals surface area contributed by atoms with Crippen molar-refractivity contribution in [3.05, 3.63) is 0 Å². The van der Waals surface area contributed by atoms with E-state index in [1.54, 1.807) is 0 Å².